The van der Waals surface area contributed by atoms with Gasteiger partial charge in [0.15, 0.2) is 0 Å². The molecule has 0 aliphatic heterocycles. The second-order valence-corrected chi connectivity index (χ2v) is 4.99. The van der Waals surface area contributed by atoms with Gasteiger partial charge >= 0.3 is 11.8 Å². The summed E-state index contributed by atoms with van der Waals surface area (Å²) in [4.78, 5) is 23.7. The van der Waals surface area contributed by atoms with Gasteiger partial charge < -0.3 is 15.7 Å². The fraction of sp³-hybridized carbons (Fsp3) is 0.400. The number of nitrogens with zero attached hydrogens (tertiary/aromatic N) is 1. The van der Waals surface area contributed by atoms with Crippen LogP contribution in [-0.4, -0.2) is 29.1 Å². The molecule has 1 aromatic carbocycles. The lowest BCUT2D eigenvalue weighted by Crippen LogP contribution is -2.50. The number of hydrogen-bond donors (Lipinski definition) is 3. The molecule has 0 aromatic heterocycles. The molecule has 0 aliphatic carbocycles. The van der Waals surface area contributed by atoms with Crippen molar-refractivity contribution in [2.75, 3.05) is 11.9 Å². The van der Waals surface area contributed by atoms with Crippen molar-refractivity contribution in [3.63, 3.8) is 0 Å². The number of aliphatic hydroxyl groups is 1. The van der Waals surface area contributed by atoms with Crippen molar-refractivity contribution in [2.45, 2.75) is 32.2 Å². The van der Waals surface area contributed by atoms with Crippen molar-refractivity contribution in [3.05, 3.63) is 29.8 Å². The minimum atomic E-state index is -0.780. The van der Waals surface area contributed by atoms with E-state index in [-0.39, 0.29) is 6.61 Å². The van der Waals surface area contributed by atoms with Crippen molar-refractivity contribution in [1.82, 2.24) is 5.32 Å². The molecule has 0 aliphatic rings. The highest BCUT2D eigenvalue weighted by atomic mass is 16.3. The lowest BCUT2D eigenvalue weighted by Gasteiger charge is -2.28. The monoisotopic (exact) mass is 289 g/mol. The summed E-state index contributed by atoms with van der Waals surface area (Å²) in [7, 11) is 0. The van der Waals surface area contributed by atoms with Crippen LogP contribution >= 0.6 is 0 Å². The molecule has 6 heteroatoms. The molecule has 1 rings (SSSR count). The van der Waals surface area contributed by atoms with Crippen LogP contribution in [0.5, 0.6) is 0 Å². The molecule has 0 saturated heterocycles. The fourth-order valence-corrected chi connectivity index (χ4v) is 1.72. The summed E-state index contributed by atoms with van der Waals surface area (Å²) in [5, 5.41) is 22.8. The van der Waals surface area contributed by atoms with Crippen LogP contribution in [0.25, 0.3) is 0 Å². The van der Waals surface area contributed by atoms with Gasteiger partial charge in [0.1, 0.15) is 0 Å². The second-order valence-electron chi connectivity index (χ2n) is 4.99. The van der Waals surface area contributed by atoms with Gasteiger partial charge in [-0.05, 0) is 44.0 Å². The summed E-state index contributed by atoms with van der Waals surface area (Å²) < 4.78 is 0. The molecule has 21 heavy (non-hydrogen) atoms. The largest absolute Gasteiger partial charge is 0.396 e. The Hall–Kier alpha value is -2.39. The third kappa shape index (κ3) is 4.89. The zero-order chi connectivity index (χ0) is 15.9. The molecule has 1 aromatic rings. The Morgan fingerprint density at radius 2 is 1.90 bits per heavy atom. The van der Waals surface area contributed by atoms with Gasteiger partial charge in [0.05, 0.1) is 11.6 Å². The third-order valence-corrected chi connectivity index (χ3v) is 3.34. The first kappa shape index (κ1) is 16.7. The van der Waals surface area contributed by atoms with E-state index < -0.39 is 17.4 Å². The average molecular weight is 289 g/mol. The number of anilines is 1. The van der Waals surface area contributed by atoms with Crippen LogP contribution in [0.15, 0.2) is 24.3 Å². The van der Waals surface area contributed by atoms with Gasteiger partial charge in [-0.3, -0.25) is 9.59 Å². The highest BCUT2D eigenvalue weighted by molar-refractivity contribution is 6.39. The number of hydrogen-bond acceptors (Lipinski definition) is 4. The molecule has 0 bridgehead atoms. The summed E-state index contributed by atoms with van der Waals surface area (Å²) >= 11 is 0. The number of carbonyl (C=O) groups excluding carboxylic acids is 2. The first-order chi connectivity index (χ1) is 9.94. The summed E-state index contributed by atoms with van der Waals surface area (Å²) in [6.07, 6.45) is 0.975. The molecular weight excluding hydrogens is 270 g/mol. The van der Waals surface area contributed by atoms with Crippen molar-refractivity contribution >= 4 is 17.5 Å². The Bertz CT molecular complexity index is 548. The minimum absolute atomic E-state index is 0.0676. The Morgan fingerprint density at radius 1 is 1.29 bits per heavy atom. The van der Waals surface area contributed by atoms with Crippen LogP contribution in [0, 0.1) is 11.3 Å². The molecular formula is C15H19N3O3. The van der Waals surface area contributed by atoms with Crippen LogP contribution in [-0.2, 0) is 9.59 Å². The number of rotatable bonds is 5. The molecule has 112 valence electrons. The van der Waals surface area contributed by atoms with Crippen LogP contribution in [0.3, 0.4) is 0 Å². The standard InChI is InChI=1S/C15H19N3O3/c1-3-15(2,8-9-19)18-14(21)13(20)17-12-6-4-11(10-16)5-7-12/h4-7,19H,3,8-9H2,1-2H3,(H,17,20)(H,18,21)/t15-/m0/s1. The quantitative estimate of drug-likeness (QED) is 0.708. The number of aliphatic hydroxyl groups excluding tert-OH is 1. The van der Waals surface area contributed by atoms with E-state index in [1.165, 1.54) is 0 Å². The van der Waals surface area contributed by atoms with Gasteiger partial charge in [-0.15, -0.1) is 0 Å². The van der Waals surface area contributed by atoms with Crippen LogP contribution in [0.4, 0.5) is 5.69 Å². The Kier molecular flexibility index (Phi) is 5.88. The molecule has 6 nitrogen and oxygen atoms in total. The SMILES string of the molecule is CC[C@@](C)(CCO)NC(=O)C(=O)Nc1ccc(C#N)cc1. The first-order valence-electron chi connectivity index (χ1n) is 6.68. The van der Waals surface area contributed by atoms with Crippen molar-refractivity contribution in [2.24, 2.45) is 0 Å². The third-order valence-electron chi connectivity index (χ3n) is 3.34. The van der Waals surface area contributed by atoms with E-state index in [0.29, 0.717) is 24.1 Å². The van der Waals surface area contributed by atoms with E-state index in [1.807, 2.05) is 13.0 Å². The number of carbonyl (C=O) groups is 2. The fourth-order valence-electron chi connectivity index (χ4n) is 1.72. The van der Waals surface area contributed by atoms with Gasteiger partial charge in [-0.2, -0.15) is 5.26 Å². The van der Waals surface area contributed by atoms with Gasteiger partial charge in [0.25, 0.3) is 0 Å². The average Bonchev–Trinajstić information content (AvgIpc) is 2.48. The molecule has 0 spiro atoms. The zero-order valence-electron chi connectivity index (χ0n) is 12.1. The van der Waals surface area contributed by atoms with E-state index >= 15 is 0 Å². The molecule has 0 radical (unpaired) electrons. The normalized spacial score (nSPS) is 12.9. The highest BCUT2D eigenvalue weighted by Gasteiger charge is 2.26. The van der Waals surface area contributed by atoms with Crippen LogP contribution in [0.1, 0.15) is 32.3 Å². The van der Waals surface area contributed by atoms with E-state index in [0.717, 1.165) is 0 Å². The van der Waals surface area contributed by atoms with Crippen molar-refractivity contribution < 1.29 is 14.7 Å². The maximum Gasteiger partial charge on any atom is 0.313 e. The lowest BCUT2D eigenvalue weighted by atomic mass is 9.95. The highest BCUT2D eigenvalue weighted by Crippen LogP contribution is 2.14. The van der Waals surface area contributed by atoms with Gasteiger partial charge in [-0.25, -0.2) is 0 Å². The summed E-state index contributed by atoms with van der Waals surface area (Å²) in [5.74, 6) is -1.53. The molecule has 1 atom stereocenters. The van der Waals surface area contributed by atoms with E-state index in [2.05, 4.69) is 10.6 Å². The summed E-state index contributed by atoms with van der Waals surface area (Å²) in [6.45, 7) is 3.58. The van der Waals surface area contributed by atoms with Gasteiger partial charge in [-0.1, -0.05) is 6.92 Å². The molecule has 2 amide bonds. The van der Waals surface area contributed by atoms with E-state index in [9.17, 15) is 9.59 Å². The molecule has 0 unspecified atom stereocenters. The smallest absolute Gasteiger partial charge is 0.313 e. The lowest BCUT2D eigenvalue weighted by molar-refractivity contribution is -0.137. The summed E-state index contributed by atoms with van der Waals surface area (Å²) in [5.41, 5.74) is 0.293. The van der Waals surface area contributed by atoms with Gasteiger partial charge in [0, 0.05) is 17.8 Å². The van der Waals surface area contributed by atoms with Crippen molar-refractivity contribution in [3.8, 4) is 6.07 Å². The van der Waals surface area contributed by atoms with Gasteiger partial charge in [0.2, 0.25) is 0 Å². The molecule has 0 heterocycles. The molecule has 3 N–H and O–H groups in total. The Labute approximate surface area is 123 Å². The summed E-state index contributed by atoms with van der Waals surface area (Å²) in [6, 6.07) is 8.17. The Morgan fingerprint density at radius 3 is 2.38 bits per heavy atom. The maximum absolute atomic E-state index is 11.9. The number of amides is 2. The zero-order valence-corrected chi connectivity index (χ0v) is 12.1. The van der Waals surface area contributed by atoms with E-state index in [4.69, 9.17) is 10.4 Å². The van der Waals surface area contributed by atoms with Crippen LogP contribution in [0.2, 0.25) is 0 Å². The minimum Gasteiger partial charge on any atom is -0.396 e. The van der Waals surface area contributed by atoms with E-state index in [1.54, 1.807) is 31.2 Å². The number of nitriles is 1. The Balaban J connectivity index is 2.66. The number of benzene rings is 1. The topological polar surface area (TPSA) is 102 Å². The van der Waals surface area contributed by atoms with Crippen molar-refractivity contribution in [1.29, 1.82) is 5.26 Å². The molecule has 0 saturated carbocycles. The maximum atomic E-state index is 11.9. The predicted octanol–water partition coefficient (Wildman–Crippen LogP) is 1.16. The first-order valence-corrected chi connectivity index (χ1v) is 6.68. The molecule has 0 fully saturated rings. The predicted molar refractivity (Wildman–Crippen MR) is 78.3 cm³/mol. The number of nitrogens with one attached hydrogen (secondary N) is 2. The van der Waals surface area contributed by atoms with Crippen LogP contribution < -0.4 is 10.6 Å². The second kappa shape index (κ2) is 7.41.